The molecule has 15 nitrogen and oxygen atoms in total. The summed E-state index contributed by atoms with van der Waals surface area (Å²) >= 11 is 0. The minimum atomic E-state index is -4.25. The van der Waals surface area contributed by atoms with Crippen molar-refractivity contribution in [3.8, 4) is 0 Å². The van der Waals surface area contributed by atoms with Gasteiger partial charge in [-0.15, -0.1) is 0 Å². The number of nitrogens with one attached hydrogen (secondary N) is 1. The number of carbonyl (C=O) groups excluding carboxylic acids is 2. The Labute approximate surface area is 202 Å². The molecule has 18 heteroatoms. The van der Waals surface area contributed by atoms with Crippen LogP contribution in [0, 0.1) is 20.2 Å². The third-order valence-electron chi connectivity index (χ3n) is 3.97. The van der Waals surface area contributed by atoms with E-state index in [0.717, 1.165) is 57.7 Å². The van der Waals surface area contributed by atoms with Crippen LogP contribution >= 0.6 is 10.7 Å². The first-order chi connectivity index (χ1) is 16.1. The van der Waals surface area contributed by atoms with Gasteiger partial charge in [0.05, 0.1) is 35.2 Å². The lowest BCUT2D eigenvalue weighted by Crippen LogP contribution is -2.20. The predicted molar refractivity (Wildman–Crippen MR) is 118 cm³/mol. The molecule has 1 N–H and O–H groups in total. The van der Waals surface area contributed by atoms with Crippen LogP contribution in [0.25, 0.3) is 0 Å². The third kappa shape index (κ3) is 7.41. The van der Waals surface area contributed by atoms with E-state index in [9.17, 15) is 46.7 Å². The summed E-state index contributed by atoms with van der Waals surface area (Å²) in [5.74, 6) is -1.60. The monoisotopic (exact) mass is 553 g/mol. The molecule has 0 unspecified atom stereocenters. The van der Waals surface area contributed by atoms with Crippen LogP contribution in [0.3, 0.4) is 0 Å². The van der Waals surface area contributed by atoms with Gasteiger partial charge in [-0.1, -0.05) is 0 Å². The lowest BCUT2D eigenvalue weighted by atomic mass is 10.2. The fourth-order valence-electron chi connectivity index (χ4n) is 2.35. The standard InChI is InChI=1S/C9H10N2O6S.C8H6ClNO6S/c1-10-18(15,16)8-4-3-6(9(12)17-2)5-7(8)11(13)14;1-16-8(11)5-2-3-7(17(9,14)15)6(4-5)10(12)13/h3-5,10H,1-2H3;2-4H,1H3. The van der Waals surface area contributed by atoms with Gasteiger partial charge in [-0.2, -0.15) is 0 Å². The average Bonchev–Trinajstić information content (AvgIpc) is 2.81. The van der Waals surface area contributed by atoms with Crippen molar-refractivity contribution in [2.75, 3.05) is 21.3 Å². The normalized spacial score (nSPS) is 11.0. The van der Waals surface area contributed by atoms with Gasteiger partial charge in [0.1, 0.15) is 0 Å². The molecule has 35 heavy (non-hydrogen) atoms. The molecule has 0 radical (unpaired) electrons. The van der Waals surface area contributed by atoms with Crippen molar-refractivity contribution in [1.29, 1.82) is 0 Å². The van der Waals surface area contributed by atoms with E-state index >= 15 is 0 Å². The molecular formula is C17H16ClN3O12S2. The number of sulfonamides is 1. The van der Waals surface area contributed by atoms with Crippen LogP contribution in [-0.4, -0.2) is 59.9 Å². The van der Waals surface area contributed by atoms with E-state index in [1.807, 2.05) is 4.72 Å². The molecule has 0 heterocycles. The minimum absolute atomic E-state index is 0.0979. The molecule has 0 fully saturated rings. The van der Waals surface area contributed by atoms with E-state index in [2.05, 4.69) is 9.47 Å². The molecule has 0 saturated carbocycles. The number of methoxy groups -OCH3 is 2. The lowest BCUT2D eigenvalue weighted by Gasteiger charge is -2.05. The molecule has 0 aliphatic heterocycles. The van der Waals surface area contributed by atoms with Gasteiger partial charge in [-0.25, -0.2) is 31.1 Å². The minimum Gasteiger partial charge on any atom is -0.465 e. The first-order valence-corrected chi connectivity index (χ1v) is 12.5. The number of nitro groups is 2. The van der Waals surface area contributed by atoms with E-state index < -0.39 is 62.0 Å². The second-order valence-corrected chi connectivity index (χ2v) is 10.4. The number of halogens is 1. The Balaban J connectivity index is 0.000000351. The summed E-state index contributed by atoms with van der Waals surface area (Å²) in [7, 11) is 0.156. The molecule has 0 spiro atoms. The molecular weight excluding hydrogens is 538 g/mol. The van der Waals surface area contributed by atoms with E-state index in [1.165, 1.54) is 0 Å². The smallest absolute Gasteiger partial charge is 0.338 e. The van der Waals surface area contributed by atoms with Gasteiger partial charge in [0.15, 0.2) is 9.79 Å². The molecule has 2 aromatic carbocycles. The Hall–Kier alpha value is -3.67. The maximum Gasteiger partial charge on any atom is 0.338 e. The van der Waals surface area contributed by atoms with Gasteiger partial charge in [0.2, 0.25) is 10.0 Å². The van der Waals surface area contributed by atoms with Crippen molar-refractivity contribution in [1.82, 2.24) is 4.72 Å². The van der Waals surface area contributed by atoms with Crippen LogP contribution in [0.5, 0.6) is 0 Å². The van der Waals surface area contributed by atoms with Gasteiger partial charge in [0.25, 0.3) is 20.4 Å². The number of carbonyl (C=O) groups is 2. The topological polar surface area (TPSA) is 219 Å². The zero-order valence-corrected chi connectivity index (χ0v) is 20.3. The average molecular weight is 554 g/mol. The lowest BCUT2D eigenvalue weighted by molar-refractivity contribution is -0.388. The van der Waals surface area contributed by atoms with E-state index in [-0.39, 0.29) is 11.1 Å². The second-order valence-electron chi connectivity index (χ2n) is 6.01. The maximum absolute atomic E-state index is 11.5. The number of ether oxygens (including phenoxy) is 2. The molecule has 0 aliphatic carbocycles. The Morgan fingerprint density at radius 1 is 0.829 bits per heavy atom. The third-order valence-corrected chi connectivity index (χ3v) is 6.81. The number of hydrogen-bond acceptors (Lipinski definition) is 12. The number of hydrogen-bond donors (Lipinski definition) is 1. The van der Waals surface area contributed by atoms with E-state index in [0.29, 0.717) is 0 Å². The summed E-state index contributed by atoms with van der Waals surface area (Å²) in [6.45, 7) is 0. The van der Waals surface area contributed by atoms with Crippen LogP contribution < -0.4 is 4.72 Å². The fourth-order valence-corrected chi connectivity index (χ4v) is 4.23. The summed E-state index contributed by atoms with van der Waals surface area (Å²) in [4.78, 5) is 40.8. The highest BCUT2D eigenvalue weighted by Crippen LogP contribution is 2.28. The van der Waals surface area contributed by atoms with Crippen molar-refractivity contribution >= 4 is 53.1 Å². The summed E-state index contributed by atoms with van der Waals surface area (Å²) in [5.41, 5.74) is -1.70. The highest BCUT2D eigenvalue weighted by Gasteiger charge is 2.27. The molecule has 190 valence electrons. The zero-order chi connectivity index (χ0) is 27.1. The second kappa shape index (κ2) is 11.6. The van der Waals surface area contributed by atoms with Crippen molar-refractivity contribution in [3.63, 3.8) is 0 Å². The van der Waals surface area contributed by atoms with Gasteiger partial charge >= 0.3 is 11.9 Å². The zero-order valence-electron chi connectivity index (χ0n) is 18.0. The number of esters is 2. The number of nitrogens with zero attached hydrogens (tertiary/aromatic N) is 2. The van der Waals surface area contributed by atoms with Crippen molar-refractivity contribution in [3.05, 3.63) is 67.8 Å². The first-order valence-electron chi connectivity index (χ1n) is 8.72. The molecule has 2 aromatic rings. The van der Waals surface area contributed by atoms with Gasteiger partial charge in [-0.3, -0.25) is 20.2 Å². The van der Waals surface area contributed by atoms with Crippen LogP contribution in [0.2, 0.25) is 0 Å². The quantitative estimate of drug-likeness (QED) is 0.223. The Kier molecular flexibility index (Phi) is 9.77. The number of benzene rings is 2. The molecule has 0 aliphatic rings. The number of nitro benzene ring substituents is 2. The Morgan fingerprint density at radius 2 is 1.20 bits per heavy atom. The number of rotatable bonds is 7. The van der Waals surface area contributed by atoms with Crippen LogP contribution in [-0.2, 0) is 28.5 Å². The van der Waals surface area contributed by atoms with Crippen LogP contribution in [0.1, 0.15) is 20.7 Å². The molecule has 2 rings (SSSR count). The van der Waals surface area contributed by atoms with Crippen LogP contribution in [0.4, 0.5) is 11.4 Å². The molecule has 0 amide bonds. The van der Waals surface area contributed by atoms with Crippen molar-refractivity contribution in [2.45, 2.75) is 9.79 Å². The Morgan fingerprint density at radius 3 is 1.51 bits per heavy atom. The van der Waals surface area contributed by atoms with Crippen molar-refractivity contribution < 1.29 is 45.7 Å². The summed E-state index contributed by atoms with van der Waals surface area (Å²) < 4.78 is 55.9. The van der Waals surface area contributed by atoms with Gasteiger partial charge in [-0.05, 0) is 31.3 Å². The fraction of sp³-hybridized carbons (Fsp3) is 0.176. The molecule has 0 saturated heterocycles. The molecule has 0 bridgehead atoms. The Bertz CT molecular complexity index is 1390. The summed E-state index contributed by atoms with van der Waals surface area (Å²) in [5, 5.41) is 21.5. The summed E-state index contributed by atoms with van der Waals surface area (Å²) in [6.07, 6.45) is 0. The van der Waals surface area contributed by atoms with E-state index in [1.54, 1.807) is 0 Å². The van der Waals surface area contributed by atoms with Crippen LogP contribution in [0.15, 0.2) is 46.2 Å². The first kappa shape index (κ1) is 29.4. The SMILES string of the molecule is CNS(=O)(=O)c1ccc(C(=O)OC)cc1[N+](=O)[O-].COC(=O)c1ccc(S(=O)(=O)Cl)c([N+](=O)[O-])c1. The van der Waals surface area contributed by atoms with Gasteiger partial charge in [0, 0.05) is 22.8 Å². The highest BCUT2D eigenvalue weighted by molar-refractivity contribution is 8.13. The highest BCUT2D eigenvalue weighted by atomic mass is 35.7. The molecule has 0 aromatic heterocycles. The van der Waals surface area contributed by atoms with E-state index in [4.69, 9.17) is 10.7 Å². The van der Waals surface area contributed by atoms with Crippen molar-refractivity contribution in [2.24, 2.45) is 0 Å². The predicted octanol–water partition coefficient (Wildman–Crippen LogP) is 1.60. The largest absolute Gasteiger partial charge is 0.465 e. The summed E-state index contributed by atoms with van der Waals surface area (Å²) in [6, 6.07) is 5.73. The maximum atomic E-state index is 11.5. The molecule has 0 atom stereocenters. The van der Waals surface area contributed by atoms with Gasteiger partial charge < -0.3 is 9.47 Å².